The Morgan fingerprint density at radius 1 is 1.38 bits per heavy atom. The van der Waals surface area contributed by atoms with Crippen molar-refractivity contribution in [2.24, 2.45) is 11.5 Å². The number of nitrogens with zero attached hydrogens (tertiary/aromatic N) is 2. The minimum atomic E-state index is -0.553. The third-order valence-electron chi connectivity index (χ3n) is 3.22. The van der Waals surface area contributed by atoms with Crippen LogP contribution in [-0.4, -0.2) is 55.9 Å². The van der Waals surface area contributed by atoms with E-state index in [0.717, 1.165) is 25.8 Å². The number of carbonyl (C=O) groups excluding carboxylic acids is 1. The summed E-state index contributed by atoms with van der Waals surface area (Å²) < 4.78 is 1.73. The van der Waals surface area contributed by atoms with E-state index in [0.29, 0.717) is 6.54 Å². The van der Waals surface area contributed by atoms with Gasteiger partial charge in [0.05, 0.1) is 0 Å². The van der Waals surface area contributed by atoms with Crippen molar-refractivity contribution in [3.05, 3.63) is 41.3 Å². The Morgan fingerprint density at radius 3 is 2.75 bits per heavy atom. The molecule has 0 aromatic carbocycles. The second-order valence-corrected chi connectivity index (χ2v) is 7.98. The zero-order chi connectivity index (χ0) is 17.7. The van der Waals surface area contributed by atoms with E-state index in [1.54, 1.807) is 6.20 Å². The molecule has 7 nitrogen and oxygen atoms in total. The SMILES string of the molecule is Cc1cc(C)nc([As]c2cc(NCC(N)CO)cnc2C(N)=O)c1. The number of aliphatic hydroxyl groups excluding tert-OH is 1. The van der Waals surface area contributed by atoms with Gasteiger partial charge in [-0.05, 0) is 0 Å². The van der Waals surface area contributed by atoms with Gasteiger partial charge in [-0.3, -0.25) is 0 Å². The molecule has 0 aliphatic carbocycles. The Bertz CT molecular complexity index is 718. The summed E-state index contributed by atoms with van der Waals surface area (Å²) in [5.41, 5.74) is 14.2. The summed E-state index contributed by atoms with van der Waals surface area (Å²) in [6.45, 7) is 4.26. The molecule has 1 radical (unpaired) electrons. The summed E-state index contributed by atoms with van der Waals surface area (Å²) >= 11 is -0.532. The molecule has 0 saturated heterocycles. The van der Waals surface area contributed by atoms with E-state index in [2.05, 4.69) is 15.3 Å². The van der Waals surface area contributed by atoms with E-state index in [1.165, 1.54) is 0 Å². The molecule has 24 heavy (non-hydrogen) atoms. The molecule has 1 atom stereocenters. The molecule has 2 heterocycles. The predicted octanol–water partition coefficient (Wildman–Crippen LogP) is -1.42. The molecule has 2 aromatic heterocycles. The van der Waals surface area contributed by atoms with Crippen LogP contribution in [0, 0.1) is 13.8 Å². The number of hydrogen-bond acceptors (Lipinski definition) is 6. The van der Waals surface area contributed by atoms with Crippen LogP contribution in [0.15, 0.2) is 24.4 Å². The van der Waals surface area contributed by atoms with Crippen molar-refractivity contribution in [1.82, 2.24) is 9.97 Å². The van der Waals surface area contributed by atoms with Gasteiger partial charge < -0.3 is 0 Å². The van der Waals surface area contributed by atoms with Crippen molar-refractivity contribution in [3.63, 3.8) is 0 Å². The number of hydrogen-bond donors (Lipinski definition) is 4. The number of rotatable bonds is 7. The number of primary amides is 1. The topological polar surface area (TPSA) is 127 Å². The zero-order valence-electron chi connectivity index (χ0n) is 13.7. The van der Waals surface area contributed by atoms with E-state index in [-0.39, 0.29) is 18.3 Å². The van der Waals surface area contributed by atoms with Crippen LogP contribution in [0.3, 0.4) is 0 Å². The first-order valence-corrected chi connectivity index (χ1v) is 9.34. The molecule has 1 amide bonds. The van der Waals surface area contributed by atoms with Gasteiger partial charge in [0.15, 0.2) is 0 Å². The number of pyridine rings is 2. The molecular formula is C16H21AsN5O2. The van der Waals surface area contributed by atoms with Gasteiger partial charge in [0, 0.05) is 0 Å². The summed E-state index contributed by atoms with van der Waals surface area (Å²) in [4.78, 5) is 20.4. The van der Waals surface area contributed by atoms with E-state index in [4.69, 9.17) is 16.6 Å². The molecule has 2 rings (SSSR count). The van der Waals surface area contributed by atoms with Crippen molar-refractivity contribution >= 4 is 36.2 Å². The number of amides is 1. The summed E-state index contributed by atoms with van der Waals surface area (Å²) in [5, 5.41) is 12.1. The van der Waals surface area contributed by atoms with E-state index < -0.39 is 21.7 Å². The number of nitrogens with two attached hydrogens (primary N) is 2. The first-order valence-electron chi connectivity index (χ1n) is 7.46. The van der Waals surface area contributed by atoms with Crippen LogP contribution in [-0.2, 0) is 0 Å². The molecule has 127 valence electrons. The first-order chi connectivity index (χ1) is 11.4. The summed E-state index contributed by atoms with van der Waals surface area (Å²) in [6, 6.07) is 5.51. The molecule has 1 unspecified atom stereocenters. The summed E-state index contributed by atoms with van der Waals surface area (Å²) in [7, 11) is 0. The molecular weight excluding hydrogens is 369 g/mol. The molecule has 0 saturated carbocycles. The Morgan fingerprint density at radius 2 is 2.12 bits per heavy atom. The average molecular weight is 390 g/mol. The fraction of sp³-hybridized carbons (Fsp3) is 0.312. The van der Waals surface area contributed by atoms with Crippen molar-refractivity contribution < 1.29 is 9.90 Å². The van der Waals surface area contributed by atoms with Crippen molar-refractivity contribution in [3.8, 4) is 0 Å². The van der Waals surface area contributed by atoms with Gasteiger partial charge in [0.1, 0.15) is 0 Å². The number of carbonyl (C=O) groups is 1. The molecule has 0 spiro atoms. The van der Waals surface area contributed by atoms with Crippen molar-refractivity contribution in [2.75, 3.05) is 18.5 Å². The van der Waals surface area contributed by atoms with Crippen molar-refractivity contribution in [2.45, 2.75) is 19.9 Å². The van der Waals surface area contributed by atoms with Crippen LogP contribution in [0.25, 0.3) is 0 Å². The van der Waals surface area contributed by atoms with Gasteiger partial charge in [-0.25, -0.2) is 0 Å². The standard InChI is InChI=1S/C16H21AsN5O2/c1-9-3-10(2)22-14(4-9)17-13-5-12(20-6-11(18)8-23)7-21-15(13)16(19)24/h3-5,7,11,20,23H,6,8,18H2,1-2H3,(H2,19,24). The fourth-order valence-corrected chi connectivity index (χ4v) is 4.66. The molecule has 0 aliphatic heterocycles. The van der Waals surface area contributed by atoms with Gasteiger partial charge in [-0.15, -0.1) is 0 Å². The summed E-state index contributed by atoms with van der Waals surface area (Å²) in [6.07, 6.45) is 1.55. The first kappa shape index (κ1) is 18.4. The van der Waals surface area contributed by atoms with Crippen molar-refractivity contribution in [1.29, 1.82) is 0 Å². The molecule has 8 heteroatoms. The minimum absolute atomic E-state index is 0.106. The van der Waals surface area contributed by atoms with E-state index in [1.807, 2.05) is 32.0 Å². The van der Waals surface area contributed by atoms with Crippen LogP contribution in [0.1, 0.15) is 21.7 Å². The number of anilines is 1. The van der Waals surface area contributed by atoms with Gasteiger partial charge in [-0.1, -0.05) is 0 Å². The molecule has 2 aromatic rings. The molecule has 0 aliphatic rings. The normalized spacial score (nSPS) is 12.5. The number of aliphatic hydroxyl groups is 1. The Balaban J connectivity index is 2.29. The van der Waals surface area contributed by atoms with Gasteiger partial charge in [-0.2, -0.15) is 0 Å². The third kappa shape index (κ3) is 5.02. The zero-order valence-corrected chi connectivity index (χ0v) is 15.5. The number of nitrogens with one attached hydrogen (secondary N) is 1. The van der Waals surface area contributed by atoms with Crippen LogP contribution < -0.4 is 25.6 Å². The Kier molecular flexibility index (Phi) is 6.31. The average Bonchev–Trinajstić information content (AvgIpc) is 2.51. The molecule has 6 N–H and O–H groups in total. The van der Waals surface area contributed by atoms with Gasteiger partial charge in [0.2, 0.25) is 0 Å². The van der Waals surface area contributed by atoms with E-state index >= 15 is 0 Å². The van der Waals surface area contributed by atoms with Gasteiger partial charge >= 0.3 is 147 Å². The van der Waals surface area contributed by atoms with Crippen LogP contribution in [0.5, 0.6) is 0 Å². The van der Waals surface area contributed by atoms with Crippen LogP contribution in [0.2, 0.25) is 0 Å². The number of aromatic nitrogens is 2. The monoisotopic (exact) mass is 390 g/mol. The second kappa shape index (κ2) is 8.24. The third-order valence-corrected chi connectivity index (χ3v) is 5.41. The van der Waals surface area contributed by atoms with Crippen LogP contribution >= 0.6 is 0 Å². The van der Waals surface area contributed by atoms with E-state index in [9.17, 15) is 4.79 Å². The maximum absolute atomic E-state index is 11.7. The second-order valence-electron chi connectivity index (χ2n) is 5.54. The Hall–Kier alpha value is -1.95. The molecule has 0 fully saturated rings. The Labute approximate surface area is 147 Å². The maximum atomic E-state index is 11.7. The quantitative estimate of drug-likeness (QED) is 0.430. The predicted molar refractivity (Wildman–Crippen MR) is 95.0 cm³/mol. The van der Waals surface area contributed by atoms with Gasteiger partial charge in [0.25, 0.3) is 0 Å². The summed E-state index contributed by atoms with van der Waals surface area (Å²) in [5.74, 6) is -0.553. The molecule has 0 bridgehead atoms. The fourth-order valence-electron chi connectivity index (χ4n) is 2.14. The van der Waals surface area contributed by atoms with Crippen LogP contribution in [0.4, 0.5) is 5.69 Å². The number of aryl methyl sites for hydroxylation is 2.